The lowest BCUT2D eigenvalue weighted by Crippen LogP contribution is -2.64. The molecule has 306 valence electrons. The lowest BCUT2D eigenvalue weighted by molar-refractivity contribution is -0.139. The second-order valence-electron chi connectivity index (χ2n) is 12.7. The summed E-state index contributed by atoms with van der Waals surface area (Å²) in [4.78, 5) is 108. The van der Waals surface area contributed by atoms with Crippen molar-refractivity contribution in [1.82, 2.24) is 31.9 Å². The van der Waals surface area contributed by atoms with Crippen LogP contribution in [-0.4, -0.2) is 140 Å². The fourth-order valence-corrected chi connectivity index (χ4v) is 5.10. The average molecular weight is 786 g/mol. The fraction of sp³-hybridized carbons (Fsp3) is 0.759. The van der Waals surface area contributed by atoms with Crippen LogP contribution >= 0.6 is 7.82 Å². The Kier molecular flexibility index (Phi) is 21.4. The molecule has 0 aliphatic rings. The van der Waals surface area contributed by atoms with Crippen LogP contribution in [0, 0.1) is 5.92 Å². The van der Waals surface area contributed by atoms with Crippen molar-refractivity contribution in [3.05, 3.63) is 0 Å². The summed E-state index contributed by atoms with van der Waals surface area (Å²) in [7, 11) is -5.31. The number of amides is 7. The van der Waals surface area contributed by atoms with E-state index in [1.807, 2.05) is 0 Å². The zero-order chi connectivity index (χ0) is 41.4. The maximum Gasteiger partial charge on any atom is 0.469 e. The maximum atomic E-state index is 13.4. The molecule has 7 amide bonds. The molecule has 0 rings (SSSR count). The minimum absolute atomic E-state index is 0.240. The Morgan fingerprint density at radius 2 is 1.11 bits per heavy atom. The molecular weight excluding hydrogens is 729 g/mol. The van der Waals surface area contributed by atoms with Gasteiger partial charge >= 0.3 is 7.82 Å². The first-order valence-electron chi connectivity index (χ1n) is 16.7. The Morgan fingerprint density at radius 1 is 0.660 bits per heavy atom. The maximum absolute atomic E-state index is 13.4. The molecule has 0 radical (unpaired) electrons. The van der Waals surface area contributed by atoms with Gasteiger partial charge in [-0.25, -0.2) is 4.57 Å². The smallest absolute Gasteiger partial charge is 0.394 e. The minimum atomic E-state index is -5.31. The Morgan fingerprint density at radius 3 is 1.51 bits per heavy atom. The largest absolute Gasteiger partial charge is 0.469 e. The molecule has 0 spiro atoms. The van der Waals surface area contributed by atoms with E-state index in [1.54, 1.807) is 13.8 Å². The minimum Gasteiger partial charge on any atom is -0.394 e. The van der Waals surface area contributed by atoms with Gasteiger partial charge in [-0.3, -0.25) is 38.1 Å². The monoisotopic (exact) mass is 785 g/mol. The lowest BCUT2D eigenvalue weighted by Gasteiger charge is -2.30. The summed E-state index contributed by atoms with van der Waals surface area (Å²) in [5.74, 6) is -7.99. The van der Waals surface area contributed by atoms with Gasteiger partial charge in [0.2, 0.25) is 41.4 Å². The number of hydrogen-bond donors (Lipinski definition) is 14. The van der Waals surface area contributed by atoms with E-state index in [9.17, 15) is 63.2 Å². The van der Waals surface area contributed by atoms with E-state index >= 15 is 0 Å². The fourth-order valence-electron chi connectivity index (χ4n) is 4.55. The molecule has 23 nitrogen and oxygen atoms in total. The van der Waals surface area contributed by atoms with Crippen LogP contribution in [0.1, 0.15) is 60.8 Å². The number of nitrogens with two attached hydrogens (primary N) is 3. The van der Waals surface area contributed by atoms with Crippen LogP contribution in [0.2, 0.25) is 0 Å². The molecule has 0 aromatic carbocycles. The van der Waals surface area contributed by atoms with Crippen LogP contribution in [0.5, 0.6) is 0 Å². The highest BCUT2D eigenvalue weighted by molar-refractivity contribution is 7.46. The topological polar surface area (TPSA) is 397 Å². The van der Waals surface area contributed by atoms with Crippen molar-refractivity contribution in [2.24, 2.45) is 23.1 Å². The van der Waals surface area contributed by atoms with Crippen LogP contribution in [0.3, 0.4) is 0 Å². The first kappa shape index (κ1) is 49.2. The predicted molar refractivity (Wildman–Crippen MR) is 185 cm³/mol. The summed E-state index contributed by atoms with van der Waals surface area (Å²) in [6, 6.07) is -11.0. The third-order valence-corrected chi connectivity index (χ3v) is 8.23. The number of unbranched alkanes of at least 4 members (excludes halogenated alkanes) is 1. The molecule has 0 aliphatic heterocycles. The summed E-state index contributed by atoms with van der Waals surface area (Å²) in [5, 5.41) is 43.3. The highest BCUT2D eigenvalue weighted by Gasteiger charge is 2.39. The highest BCUT2D eigenvalue weighted by Crippen LogP contribution is 2.38. The van der Waals surface area contributed by atoms with Gasteiger partial charge < -0.3 is 74.2 Å². The van der Waals surface area contributed by atoms with Crippen molar-refractivity contribution in [2.75, 3.05) is 13.2 Å². The number of carbonyl (C=O) groups is 7. The van der Waals surface area contributed by atoms with Crippen molar-refractivity contribution >= 4 is 49.2 Å². The van der Waals surface area contributed by atoms with Crippen LogP contribution < -0.4 is 49.1 Å². The molecule has 0 aromatic rings. The number of hydrogen-bond acceptors (Lipinski definition) is 14. The molecule has 0 saturated heterocycles. The first-order chi connectivity index (χ1) is 24.4. The van der Waals surface area contributed by atoms with Gasteiger partial charge in [-0.15, -0.1) is 0 Å². The van der Waals surface area contributed by atoms with Gasteiger partial charge in [-0.1, -0.05) is 20.3 Å². The zero-order valence-corrected chi connectivity index (χ0v) is 31.4. The summed E-state index contributed by atoms with van der Waals surface area (Å²) in [6.07, 6.45) is -3.77. The Bertz CT molecular complexity index is 1320. The summed E-state index contributed by atoms with van der Waals surface area (Å²) in [5.41, 5.74) is 16.5. The number of nitrogens with one attached hydrogen (secondary N) is 6. The third-order valence-electron chi connectivity index (χ3n) is 7.62. The SMILES string of the molecule is CC(C)[C@H](NC(=O)[C@@H](NC(=O)[C@@H](NC(=O)[C@@H](NC(=O)[C@H](C)NC(=O)[C@H](CO)NC(=O)[C@@H](N)CCCCN)[C@@H](C)OP(=O)(O)O)[C@@H](C)O)[C@@H](C)O)C(N)=O. The van der Waals surface area contributed by atoms with E-state index < -0.39 is 122 Å². The molecule has 0 aliphatic carbocycles. The van der Waals surface area contributed by atoms with E-state index in [0.717, 1.165) is 27.7 Å². The zero-order valence-electron chi connectivity index (χ0n) is 30.5. The first-order valence-corrected chi connectivity index (χ1v) is 18.2. The van der Waals surface area contributed by atoms with Crippen LogP contribution in [0.25, 0.3) is 0 Å². The molecule has 0 fully saturated rings. The number of phosphoric ester groups is 1. The Labute approximate surface area is 306 Å². The number of primary amides is 1. The average Bonchev–Trinajstić information content (AvgIpc) is 3.03. The number of aliphatic hydroxyl groups excluding tert-OH is 3. The number of rotatable bonds is 24. The van der Waals surface area contributed by atoms with Gasteiger partial charge in [-0.05, 0) is 53.0 Å². The van der Waals surface area contributed by atoms with Crippen molar-refractivity contribution in [2.45, 2.75) is 121 Å². The number of aliphatic hydroxyl groups is 3. The van der Waals surface area contributed by atoms with E-state index in [1.165, 1.54) is 0 Å². The van der Waals surface area contributed by atoms with Crippen molar-refractivity contribution < 1.29 is 67.8 Å². The normalized spacial score (nSPS) is 17.3. The number of carbonyl (C=O) groups excluding carboxylic acids is 7. The molecule has 17 N–H and O–H groups in total. The van der Waals surface area contributed by atoms with Crippen molar-refractivity contribution in [3.63, 3.8) is 0 Å². The molecule has 0 unspecified atom stereocenters. The lowest BCUT2D eigenvalue weighted by atomic mass is 10.0. The standard InChI is InChI=1S/C29H56N9O14P/c1-12(2)19(23(32)42)35-27(46)20(14(4)40)36-28(47)21(15(5)41)37-29(48)22(16(6)52-53(49,50)51)38-24(43)13(3)33-26(45)18(11-39)34-25(44)17(31)9-7-8-10-30/h12-22,39-41H,7-11,30-31H2,1-6H3,(H2,32,42)(H,33,45)(H,34,44)(H,35,46)(H,36,47)(H,37,48)(H,38,43)(H2,49,50,51)/t13-,14+,15+,16+,17-,18-,19-,20-,21-,22-/m0/s1. The molecule has 24 heteroatoms. The Balaban J connectivity index is 6.05. The molecule has 0 bridgehead atoms. The molecule has 0 saturated carbocycles. The van der Waals surface area contributed by atoms with Crippen molar-refractivity contribution in [3.8, 4) is 0 Å². The van der Waals surface area contributed by atoms with E-state index in [4.69, 9.17) is 17.2 Å². The second kappa shape index (κ2) is 23.1. The van der Waals surface area contributed by atoms with Gasteiger partial charge in [-0.2, -0.15) is 0 Å². The quantitative estimate of drug-likeness (QED) is 0.0320. The van der Waals surface area contributed by atoms with Gasteiger partial charge in [0.05, 0.1) is 31.0 Å². The highest BCUT2D eigenvalue weighted by atomic mass is 31.2. The molecular formula is C29H56N9O14P. The van der Waals surface area contributed by atoms with Gasteiger partial charge in [0.25, 0.3) is 0 Å². The second-order valence-corrected chi connectivity index (χ2v) is 13.9. The summed E-state index contributed by atoms with van der Waals surface area (Å²) >= 11 is 0. The van der Waals surface area contributed by atoms with E-state index in [2.05, 4.69) is 36.4 Å². The van der Waals surface area contributed by atoms with E-state index in [-0.39, 0.29) is 6.42 Å². The Hall–Kier alpha value is -3.80. The molecule has 10 atom stereocenters. The van der Waals surface area contributed by atoms with Gasteiger partial charge in [0.15, 0.2) is 0 Å². The molecule has 0 heterocycles. The molecule has 53 heavy (non-hydrogen) atoms. The van der Waals surface area contributed by atoms with Crippen LogP contribution in [0.4, 0.5) is 0 Å². The van der Waals surface area contributed by atoms with Gasteiger partial charge in [0.1, 0.15) is 36.3 Å². The third kappa shape index (κ3) is 17.7. The van der Waals surface area contributed by atoms with Crippen LogP contribution in [-0.2, 0) is 42.7 Å². The number of phosphoric acid groups is 1. The van der Waals surface area contributed by atoms with Crippen LogP contribution in [0.15, 0.2) is 0 Å². The summed E-state index contributed by atoms with van der Waals surface area (Å²) in [6.45, 7) is 6.89. The van der Waals surface area contributed by atoms with E-state index in [0.29, 0.717) is 19.4 Å². The summed E-state index contributed by atoms with van der Waals surface area (Å²) < 4.78 is 16.2. The van der Waals surface area contributed by atoms with Crippen molar-refractivity contribution in [1.29, 1.82) is 0 Å². The molecule has 0 aromatic heterocycles. The predicted octanol–water partition coefficient (Wildman–Crippen LogP) is -6.24. The van der Waals surface area contributed by atoms with Gasteiger partial charge in [0, 0.05) is 0 Å².